The minimum atomic E-state index is -1.27. The summed E-state index contributed by atoms with van der Waals surface area (Å²) >= 11 is 2.22. The molecular formula is C13H29ClPPd+. The second-order valence-electron chi connectivity index (χ2n) is 7.32. The van der Waals surface area contributed by atoms with Gasteiger partial charge in [0.05, 0.1) is 0 Å². The van der Waals surface area contributed by atoms with E-state index in [1.165, 1.54) is 0 Å². The SMILES string of the molecule is [CH2-][P+](C(C)(C)C)(C(C)(C)C)C(C)(C)C.[Cl][Pd+]. The summed E-state index contributed by atoms with van der Waals surface area (Å²) < 4.78 is 0. The van der Waals surface area contributed by atoms with E-state index in [0.29, 0.717) is 15.5 Å². The van der Waals surface area contributed by atoms with Crippen molar-refractivity contribution in [3.63, 3.8) is 0 Å². The maximum atomic E-state index is 4.69. The normalized spacial score (nSPS) is 14.3. The quantitative estimate of drug-likeness (QED) is 0.288. The van der Waals surface area contributed by atoms with Gasteiger partial charge in [0.25, 0.3) is 0 Å². The predicted molar refractivity (Wildman–Crippen MR) is 77.4 cm³/mol. The molecule has 0 rings (SSSR count). The van der Waals surface area contributed by atoms with Gasteiger partial charge in [-0.1, -0.05) is 0 Å². The van der Waals surface area contributed by atoms with E-state index < -0.39 is 7.26 Å². The molecule has 0 radical (unpaired) electrons. The van der Waals surface area contributed by atoms with Crippen molar-refractivity contribution in [2.75, 3.05) is 0 Å². The monoisotopic (exact) mass is 357 g/mol. The topological polar surface area (TPSA) is 0 Å². The molecule has 0 fully saturated rings. The molecule has 0 saturated heterocycles. The van der Waals surface area contributed by atoms with Gasteiger partial charge in [0, 0.05) is 15.5 Å². The van der Waals surface area contributed by atoms with Gasteiger partial charge in [0.1, 0.15) is 0 Å². The molecule has 0 aromatic heterocycles. The van der Waals surface area contributed by atoms with Crippen LogP contribution in [0.1, 0.15) is 62.3 Å². The molecule has 102 valence electrons. The van der Waals surface area contributed by atoms with E-state index in [-0.39, 0.29) is 0 Å². The number of hydrogen-bond donors (Lipinski definition) is 0. The summed E-state index contributed by atoms with van der Waals surface area (Å²) in [6.45, 7) is 25.9. The van der Waals surface area contributed by atoms with E-state index in [2.05, 4.69) is 90.0 Å². The molecular weight excluding hydrogens is 329 g/mol. The minimum absolute atomic E-state index is 0.323. The zero-order valence-electron chi connectivity index (χ0n) is 12.3. The summed E-state index contributed by atoms with van der Waals surface area (Å²) in [7, 11) is 3.22. The molecule has 0 aromatic carbocycles. The molecule has 0 amide bonds. The molecule has 0 unspecified atom stereocenters. The van der Waals surface area contributed by atoms with E-state index in [0.717, 1.165) is 0 Å². The number of hydrogen-bond acceptors (Lipinski definition) is 0. The fraction of sp³-hybridized carbons (Fsp3) is 0.923. The third kappa shape index (κ3) is 3.95. The Morgan fingerprint density at radius 1 is 0.688 bits per heavy atom. The maximum absolute atomic E-state index is 4.69. The molecule has 0 aliphatic heterocycles. The van der Waals surface area contributed by atoms with Crippen molar-refractivity contribution in [2.45, 2.75) is 77.8 Å². The van der Waals surface area contributed by atoms with Crippen LogP contribution in [-0.4, -0.2) is 15.5 Å². The first-order valence-corrected chi connectivity index (χ1v) is 9.58. The van der Waals surface area contributed by atoms with Gasteiger partial charge in [-0.05, 0) is 62.3 Å². The van der Waals surface area contributed by atoms with Crippen LogP contribution in [0.15, 0.2) is 0 Å². The molecule has 0 aliphatic rings. The van der Waals surface area contributed by atoms with Crippen molar-refractivity contribution in [3.05, 3.63) is 6.66 Å². The van der Waals surface area contributed by atoms with Crippen LogP contribution >= 0.6 is 16.8 Å². The second-order valence-corrected chi connectivity index (χ2v) is 13.0. The van der Waals surface area contributed by atoms with Crippen molar-refractivity contribution >= 4 is 16.8 Å². The third-order valence-corrected chi connectivity index (χ3v) is 10.3. The first-order chi connectivity index (χ1) is 6.75. The zero-order valence-corrected chi connectivity index (χ0v) is 15.6. The summed E-state index contributed by atoms with van der Waals surface area (Å²) in [6.07, 6.45) is 0. The van der Waals surface area contributed by atoms with Crippen LogP contribution in [0.4, 0.5) is 0 Å². The van der Waals surface area contributed by atoms with Gasteiger partial charge in [-0.2, -0.15) is 6.66 Å². The molecule has 16 heavy (non-hydrogen) atoms. The van der Waals surface area contributed by atoms with E-state index in [1.54, 1.807) is 0 Å². The van der Waals surface area contributed by atoms with Crippen LogP contribution in [-0.2, 0) is 18.2 Å². The third-order valence-electron chi connectivity index (χ3n) is 3.44. The fourth-order valence-corrected chi connectivity index (χ4v) is 9.06. The Bertz CT molecular complexity index is 169. The molecule has 0 aliphatic carbocycles. The Hall–Kier alpha value is 1.38. The van der Waals surface area contributed by atoms with Crippen molar-refractivity contribution in [3.8, 4) is 0 Å². The van der Waals surface area contributed by atoms with Crippen molar-refractivity contribution in [1.29, 1.82) is 0 Å². The van der Waals surface area contributed by atoms with Gasteiger partial charge in [0.2, 0.25) is 0 Å². The van der Waals surface area contributed by atoms with Crippen molar-refractivity contribution < 1.29 is 18.2 Å². The summed E-state index contributed by atoms with van der Waals surface area (Å²) in [6, 6.07) is 0. The molecule has 0 spiro atoms. The first-order valence-electron chi connectivity index (χ1n) is 5.61. The number of rotatable bonds is 0. The predicted octanol–water partition coefficient (Wildman–Crippen LogP) is 5.88. The molecule has 0 atom stereocenters. The van der Waals surface area contributed by atoms with Crippen LogP contribution in [0.25, 0.3) is 0 Å². The first kappa shape index (κ1) is 19.7. The molecule has 3 heteroatoms. The average Bonchev–Trinajstić information content (AvgIpc) is 2.00. The van der Waals surface area contributed by atoms with Gasteiger partial charge in [-0.25, -0.2) is 0 Å². The van der Waals surface area contributed by atoms with Crippen molar-refractivity contribution in [2.24, 2.45) is 0 Å². The van der Waals surface area contributed by atoms with E-state index in [1.807, 2.05) is 0 Å². The summed E-state index contributed by atoms with van der Waals surface area (Å²) in [5.74, 6) is 0. The van der Waals surface area contributed by atoms with E-state index >= 15 is 0 Å². The van der Waals surface area contributed by atoms with Crippen LogP contribution in [0, 0.1) is 6.66 Å². The second kappa shape index (κ2) is 6.02. The van der Waals surface area contributed by atoms with Gasteiger partial charge in [0.15, 0.2) is 0 Å². The fourth-order valence-electron chi connectivity index (χ4n) is 3.02. The van der Waals surface area contributed by atoms with Crippen LogP contribution < -0.4 is 0 Å². The molecule has 0 heterocycles. The molecule has 0 aromatic rings. The molecule has 0 nitrogen and oxygen atoms in total. The Morgan fingerprint density at radius 2 is 0.812 bits per heavy atom. The summed E-state index contributed by atoms with van der Waals surface area (Å²) in [4.78, 5) is 0. The van der Waals surface area contributed by atoms with Crippen LogP contribution in [0.5, 0.6) is 0 Å². The van der Waals surface area contributed by atoms with Gasteiger partial charge >= 0.3 is 27.7 Å². The van der Waals surface area contributed by atoms with E-state index in [4.69, 9.17) is 6.66 Å². The van der Waals surface area contributed by atoms with Gasteiger partial charge in [-0.15, -0.1) is 7.26 Å². The van der Waals surface area contributed by atoms with E-state index in [9.17, 15) is 0 Å². The Kier molecular flexibility index (Phi) is 7.41. The Labute approximate surface area is 119 Å². The van der Waals surface area contributed by atoms with Gasteiger partial charge in [-0.3, -0.25) is 0 Å². The standard InChI is InChI=1S/C13H29P.ClH.Pd/c1-11(2,3)14(10,12(4,5)6)13(7,8)9;;/h10H2,1-9H3;1H;/q;;+2/p-1. The van der Waals surface area contributed by atoms with Crippen LogP contribution in [0.2, 0.25) is 0 Å². The van der Waals surface area contributed by atoms with Gasteiger partial charge < -0.3 is 0 Å². The molecule has 0 saturated carbocycles. The molecule has 0 N–H and O–H groups in total. The number of halogens is 1. The zero-order chi connectivity index (χ0) is 14.0. The molecule has 0 bridgehead atoms. The summed E-state index contributed by atoms with van der Waals surface area (Å²) in [5.41, 5.74) is 0. The summed E-state index contributed by atoms with van der Waals surface area (Å²) in [5, 5.41) is 0.969. The Morgan fingerprint density at radius 3 is 0.812 bits per heavy atom. The van der Waals surface area contributed by atoms with Crippen molar-refractivity contribution in [1.82, 2.24) is 0 Å². The Balaban J connectivity index is 0. The van der Waals surface area contributed by atoms with Crippen LogP contribution in [0.3, 0.4) is 0 Å². The average molecular weight is 358 g/mol.